The second kappa shape index (κ2) is 10.4. The zero-order valence-corrected chi connectivity index (χ0v) is 22.2. The quantitative estimate of drug-likeness (QED) is 0.258. The number of hydrogen-bond donors (Lipinski definition) is 2. The van der Waals surface area contributed by atoms with Gasteiger partial charge < -0.3 is 24.7 Å². The molecule has 0 unspecified atom stereocenters. The van der Waals surface area contributed by atoms with Crippen LogP contribution in [-0.4, -0.2) is 39.6 Å². The second-order valence-corrected chi connectivity index (χ2v) is 9.15. The molecule has 0 saturated heterocycles. The van der Waals surface area contributed by atoms with Crippen LogP contribution in [0.5, 0.6) is 17.2 Å². The number of ether oxygens (including phenoxy) is 2. The molecule has 0 spiro atoms. The van der Waals surface area contributed by atoms with E-state index in [0.717, 1.165) is 38.6 Å². The molecule has 2 N–H and O–H groups in total. The first-order valence-corrected chi connectivity index (χ1v) is 12.6. The van der Waals surface area contributed by atoms with Crippen LogP contribution < -0.4 is 20.1 Å². The van der Waals surface area contributed by atoms with Gasteiger partial charge in [0, 0.05) is 55.8 Å². The number of anilines is 2. The van der Waals surface area contributed by atoms with Crippen molar-refractivity contribution in [1.82, 2.24) is 24.8 Å². The summed E-state index contributed by atoms with van der Waals surface area (Å²) in [5, 5.41) is 8.22. The number of amides is 1. The minimum atomic E-state index is -0.280. The van der Waals surface area contributed by atoms with Crippen LogP contribution >= 0.6 is 0 Å². The molecular weight excluding hydrogens is 504 g/mol. The molecule has 0 atom stereocenters. The van der Waals surface area contributed by atoms with Gasteiger partial charge in [0.25, 0.3) is 5.91 Å². The number of methoxy groups -OCH3 is 1. The largest absolute Gasteiger partial charge is 0.495 e. The Morgan fingerprint density at radius 2 is 1.80 bits per heavy atom. The minimum absolute atomic E-state index is 0.279. The number of hydrogen-bond acceptors (Lipinski definition) is 7. The highest BCUT2D eigenvalue weighted by molar-refractivity contribution is 5.96. The van der Waals surface area contributed by atoms with Gasteiger partial charge in [-0.05, 0) is 41.3 Å². The lowest BCUT2D eigenvalue weighted by Crippen LogP contribution is -2.18. The Kier molecular flexibility index (Phi) is 6.45. The van der Waals surface area contributed by atoms with E-state index in [0.29, 0.717) is 23.2 Å². The molecule has 40 heavy (non-hydrogen) atoms. The van der Waals surface area contributed by atoms with Crippen molar-refractivity contribution in [3.8, 4) is 28.4 Å². The third kappa shape index (κ3) is 4.64. The summed E-state index contributed by atoms with van der Waals surface area (Å²) in [6.45, 7) is 0. The molecule has 0 aliphatic carbocycles. The lowest BCUT2D eigenvalue weighted by molar-refractivity contribution is 0.0958. The maximum absolute atomic E-state index is 11.9. The average Bonchev–Trinajstić information content (AvgIpc) is 3.30. The number of nitrogens with zero attached hydrogens (tertiary/aromatic N) is 4. The number of carbonyl (C=O) groups is 1. The van der Waals surface area contributed by atoms with Crippen molar-refractivity contribution in [2.45, 2.75) is 0 Å². The molecule has 0 aliphatic rings. The van der Waals surface area contributed by atoms with E-state index in [4.69, 9.17) is 14.5 Å². The summed E-state index contributed by atoms with van der Waals surface area (Å²) < 4.78 is 13.6. The average molecular weight is 531 g/mol. The number of carbonyl (C=O) groups excluding carboxylic acids is 1. The van der Waals surface area contributed by atoms with Crippen molar-refractivity contribution in [1.29, 1.82) is 0 Å². The van der Waals surface area contributed by atoms with Gasteiger partial charge in [-0.1, -0.05) is 30.3 Å². The molecule has 0 radical (unpaired) electrons. The smallest absolute Gasteiger partial charge is 0.269 e. The lowest BCUT2D eigenvalue weighted by atomic mass is 10.0. The molecule has 6 aromatic rings. The van der Waals surface area contributed by atoms with E-state index >= 15 is 0 Å². The monoisotopic (exact) mass is 530 g/mol. The van der Waals surface area contributed by atoms with Gasteiger partial charge in [0.1, 0.15) is 22.9 Å². The normalized spacial score (nSPS) is 11.0. The summed E-state index contributed by atoms with van der Waals surface area (Å²) in [5.74, 6) is 2.15. The first-order chi connectivity index (χ1) is 19.5. The van der Waals surface area contributed by atoms with Gasteiger partial charge in [-0.3, -0.25) is 14.8 Å². The summed E-state index contributed by atoms with van der Waals surface area (Å²) in [6.07, 6.45) is 5.29. The summed E-state index contributed by atoms with van der Waals surface area (Å²) in [6, 6.07) is 23.2. The molecule has 9 nitrogen and oxygen atoms in total. The van der Waals surface area contributed by atoms with Gasteiger partial charge >= 0.3 is 0 Å². The lowest BCUT2D eigenvalue weighted by Gasteiger charge is -2.14. The Balaban J connectivity index is 1.32. The van der Waals surface area contributed by atoms with Crippen molar-refractivity contribution in [2.24, 2.45) is 7.05 Å². The van der Waals surface area contributed by atoms with Crippen molar-refractivity contribution >= 4 is 39.3 Å². The van der Waals surface area contributed by atoms with E-state index in [2.05, 4.69) is 32.7 Å². The van der Waals surface area contributed by atoms with Gasteiger partial charge in [0.15, 0.2) is 0 Å². The van der Waals surface area contributed by atoms with Gasteiger partial charge in [0.05, 0.1) is 23.8 Å². The Morgan fingerprint density at radius 1 is 0.950 bits per heavy atom. The first kappa shape index (κ1) is 24.9. The zero-order valence-electron chi connectivity index (χ0n) is 22.2. The number of pyridine rings is 2. The highest BCUT2D eigenvalue weighted by Gasteiger charge is 2.14. The summed E-state index contributed by atoms with van der Waals surface area (Å²) in [5.41, 5.74) is 4.77. The zero-order chi connectivity index (χ0) is 27.6. The predicted octanol–water partition coefficient (Wildman–Crippen LogP) is 6.09. The molecule has 0 bridgehead atoms. The Morgan fingerprint density at radius 3 is 2.65 bits per heavy atom. The minimum Gasteiger partial charge on any atom is -0.495 e. The van der Waals surface area contributed by atoms with E-state index in [-0.39, 0.29) is 11.6 Å². The Hall–Kier alpha value is -5.44. The van der Waals surface area contributed by atoms with Crippen LogP contribution in [0.1, 0.15) is 10.5 Å². The van der Waals surface area contributed by atoms with Crippen LogP contribution in [0.15, 0.2) is 91.4 Å². The maximum Gasteiger partial charge on any atom is 0.269 e. The van der Waals surface area contributed by atoms with Gasteiger partial charge in [-0.2, -0.15) is 0 Å². The van der Waals surface area contributed by atoms with Crippen LogP contribution in [-0.2, 0) is 7.05 Å². The molecule has 0 aliphatic heterocycles. The number of imidazole rings is 1. The van der Waals surface area contributed by atoms with Crippen LogP contribution in [0.4, 0.5) is 11.6 Å². The SMILES string of the molecule is CNC(=O)c1cc(Oc2ccc3c(c2)nc(Nc2cc(-c4cncc5ccccc45)ccc2OC)n3C)ccn1. The van der Waals surface area contributed by atoms with Crippen molar-refractivity contribution < 1.29 is 14.3 Å². The number of nitrogens with one attached hydrogen (secondary N) is 2. The van der Waals surface area contributed by atoms with E-state index in [1.165, 1.54) is 6.20 Å². The molecule has 198 valence electrons. The van der Waals surface area contributed by atoms with Crippen LogP contribution in [0, 0.1) is 0 Å². The number of benzene rings is 3. The molecule has 3 aromatic heterocycles. The molecule has 0 saturated carbocycles. The first-order valence-electron chi connectivity index (χ1n) is 12.6. The summed E-state index contributed by atoms with van der Waals surface area (Å²) in [4.78, 5) is 25.3. The Bertz CT molecular complexity index is 1880. The van der Waals surface area contributed by atoms with E-state index in [1.54, 1.807) is 26.3 Å². The number of fused-ring (bicyclic) bond motifs is 2. The van der Waals surface area contributed by atoms with Crippen LogP contribution in [0.25, 0.3) is 32.9 Å². The van der Waals surface area contributed by atoms with Gasteiger partial charge in [-0.15, -0.1) is 0 Å². The predicted molar refractivity (Wildman–Crippen MR) is 155 cm³/mol. The molecule has 3 aromatic carbocycles. The van der Waals surface area contributed by atoms with E-state index in [1.807, 2.05) is 72.5 Å². The number of aryl methyl sites for hydroxylation is 1. The number of aromatic nitrogens is 4. The standard InChI is InChI=1S/C31H26N6O3/c1-32-30(38)27-16-22(12-13-34-27)40-21-9-10-28-25(15-21)35-31(37(28)2)36-26-14-19(8-11-29(26)39-3)24-18-33-17-20-6-4-5-7-23(20)24/h4-18H,1-3H3,(H,32,38)(H,35,36). The van der Waals surface area contributed by atoms with Gasteiger partial charge in [0.2, 0.25) is 5.95 Å². The van der Waals surface area contributed by atoms with Crippen LogP contribution in [0.2, 0.25) is 0 Å². The molecule has 3 heterocycles. The van der Waals surface area contributed by atoms with Crippen LogP contribution in [0.3, 0.4) is 0 Å². The fourth-order valence-corrected chi connectivity index (χ4v) is 4.66. The molecule has 0 fully saturated rings. The van der Waals surface area contributed by atoms with E-state index < -0.39 is 0 Å². The second-order valence-electron chi connectivity index (χ2n) is 9.15. The van der Waals surface area contributed by atoms with E-state index in [9.17, 15) is 4.79 Å². The third-order valence-electron chi connectivity index (χ3n) is 6.70. The summed E-state index contributed by atoms with van der Waals surface area (Å²) in [7, 11) is 5.15. The van der Waals surface area contributed by atoms with Crippen molar-refractivity contribution in [2.75, 3.05) is 19.5 Å². The highest BCUT2D eigenvalue weighted by Crippen LogP contribution is 2.36. The third-order valence-corrected chi connectivity index (χ3v) is 6.70. The summed E-state index contributed by atoms with van der Waals surface area (Å²) >= 11 is 0. The van der Waals surface area contributed by atoms with Crippen molar-refractivity contribution in [3.05, 3.63) is 97.1 Å². The molecule has 1 amide bonds. The highest BCUT2D eigenvalue weighted by atomic mass is 16.5. The Labute approximate surface area is 230 Å². The molecular formula is C31H26N6O3. The molecule has 6 rings (SSSR count). The topological polar surface area (TPSA) is 103 Å². The fourth-order valence-electron chi connectivity index (χ4n) is 4.66. The van der Waals surface area contributed by atoms with Gasteiger partial charge in [-0.25, -0.2) is 4.98 Å². The van der Waals surface area contributed by atoms with Crippen molar-refractivity contribution in [3.63, 3.8) is 0 Å². The molecule has 9 heteroatoms. The fraction of sp³-hybridized carbons (Fsp3) is 0.0968. The maximum atomic E-state index is 11.9. The number of rotatable bonds is 7.